The van der Waals surface area contributed by atoms with Gasteiger partial charge in [-0.2, -0.15) is 0 Å². The average molecular weight is 374 g/mol. The van der Waals surface area contributed by atoms with Crippen LogP contribution in [0.4, 0.5) is 5.69 Å². The van der Waals surface area contributed by atoms with Crippen LogP contribution < -0.4 is 10.1 Å². The number of rotatable bonds is 6. The molecule has 2 amide bonds. The molecule has 1 heterocycles. The Balaban J connectivity index is 1.44. The van der Waals surface area contributed by atoms with Crippen molar-refractivity contribution in [2.24, 2.45) is 5.92 Å². The highest BCUT2D eigenvalue weighted by Gasteiger charge is 2.39. The lowest BCUT2D eigenvalue weighted by Crippen LogP contribution is -2.38. The Morgan fingerprint density at radius 1 is 1.15 bits per heavy atom. The molecule has 3 rings (SSSR count). The molecule has 0 bridgehead atoms. The average Bonchev–Trinajstić information content (AvgIpc) is 3.09. The van der Waals surface area contributed by atoms with E-state index in [9.17, 15) is 14.4 Å². The predicted molar refractivity (Wildman–Crippen MR) is 99.3 cm³/mol. The number of hydrogen-bond acceptors (Lipinski definition) is 5. The topological polar surface area (TPSA) is 84.9 Å². The van der Waals surface area contributed by atoms with Crippen molar-refractivity contribution in [3.05, 3.63) is 24.3 Å². The zero-order valence-corrected chi connectivity index (χ0v) is 15.6. The number of anilines is 1. The predicted octanol–water partition coefficient (Wildman–Crippen LogP) is 2.36. The fourth-order valence-electron chi connectivity index (χ4n) is 3.76. The number of methoxy groups -OCH3 is 1. The van der Waals surface area contributed by atoms with Crippen LogP contribution in [0.15, 0.2) is 24.3 Å². The summed E-state index contributed by atoms with van der Waals surface area (Å²) in [7, 11) is 1.57. The van der Waals surface area contributed by atoms with Crippen LogP contribution in [0.3, 0.4) is 0 Å². The summed E-state index contributed by atoms with van der Waals surface area (Å²) in [4.78, 5) is 38.3. The second-order valence-electron chi connectivity index (χ2n) is 7.12. The molecule has 0 spiro atoms. The van der Waals surface area contributed by atoms with E-state index in [0.717, 1.165) is 25.7 Å². The molecule has 1 aliphatic heterocycles. The Bertz CT molecular complexity index is 682. The quantitative estimate of drug-likeness (QED) is 0.773. The SMILES string of the molecule is COc1ccc(NC(=O)COC(=O)[C@H]2CC(=O)N(C3CCCCC3)C2)cc1. The lowest BCUT2D eigenvalue weighted by Gasteiger charge is -2.31. The van der Waals surface area contributed by atoms with Crippen LogP contribution in [-0.2, 0) is 19.1 Å². The van der Waals surface area contributed by atoms with Gasteiger partial charge in [0, 0.05) is 24.7 Å². The highest BCUT2D eigenvalue weighted by atomic mass is 16.5. The Morgan fingerprint density at radius 2 is 1.85 bits per heavy atom. The summed E-state index contributed by atoms with van der Waals surface area (Å²) >= 11 is 0. The normalized spacial score (nSPS) is 20.4. The molecular formula is C20H26N2O5. The van der Waals surface area contributed by atoms with E-state index in [1.165, 1.54) is 6.42 Å². The van der Waals surface area contributed by atoms with Crippen LogP contribution in [-0.4, -0.2) is 49.0 Å². The van der Waals surface area contributed by atoms with Crippen molar-refractivity contribution in [1.29, 1.82) is 0 Å². The molecule has 2 aliphatic rings. The first-order chi connectivity index (χ1) is 13.1. The minimum Gasteiger partial charge on any atom is -0.497 e. The Kier molecular flexibility index (Phi) is 6.32. The molecule has 0 unspecified atom stereocenters. The highest BCUT2D eigenvalue weighted by molar-refractivity contribution is 5.93. The third kappa shape index (κ3) is 4.99. The number of hydrogen-bond donors (Lipinski definition) is 1. The molecule has 27 heavy (non-hydrogen) atoms. The van der Waals surface area contributed by atoms with E-state index in [-0.39, 0.29) is 25.0 Å². The van der Waals surface area contributed by atoms with Gasteiger partial charge in [-0.3, -0.25) is 14.4 Å². The van der Waals surface area contributed by atoms with Gasteiger partial charge >= 0.3 is 5.97 Å². The molecule has 1 saturated carbocycles. The number of ether oxygens (including phenoxy) is 2. The van der Waals surface area contributed by atoms with Crippen molar-refractivity contribution in [3.8, 4) is 5.75 Å². The van der Waals surface area contributed by atoms with Crippen molar-refractivity contribution in [3.63, 3.8) is 0 Å². The van der Waals surface area contributed by atoms with Gasteiger partial charge < -0.3 is 19.7 Å². The van der Waals surface area contributed by atoms with Crippen LogP contribution >= 0.6 is 0 Å². The third-order valence-corrected chi connectivity index (χ3v) is 5.23. The van der Waals surface area contributed by atoms with Gasteiger partial charge in [0.1, 0.15) is 5.75 Å². The molecule has 7 nitrogen and oxygen atoms in total. The van der Waals surface area contributed by atoms with Gasteiger partial charge in [-0.15, -0.1) is 0 Å². The van der Waals surface area contributed by atoms with E-state index in [1.54, 1.807) is 31.4 Å². The Labute approximate surface area is 159 Å². The number of likely N-dealkylation sites (tertiary alicyclic amines) is 1. The molecule has 146 valence electrons. The molecule has 1 atom stereocenters. The maximum atomic E-state index is 12.3. The number of benzene rings is 1. The zero-order valence-electron chi connectivity index (χ0n) is 15.6. The summed E-state index contributed by atoms with van der Waals surface area (Å²) in [5.74, 6) is -0.666. The second kappa shape index (κ2) is 8.88. The monoisotopic (exact) mass is 374 g/mol. The van der Waals surface area contributed by atoms with Crippen LogP contribution in [0.5, 0.6) is 5.75 Å². The number of carbonyl (C=O) groups is 3. The van der Waals surface area contributed by atoms with E-state index in [2.05, 4.69) is 5.32 Å². The maximum absolute atomic E-state index is 12.3. The Morgan fingerprint density at radius 3 is 2.52 bits per heavy atom. The largest absolute Gasteiger partial charge is 0.497 e. The van der Waals surface area contributed by atoms with Gasteiger partial charge in [-0.05, 0) is 37.1 Å². The lowest BCUT2D eigenvalue weighted by atomic mass is 9.94. The van der Waals surface area contributed by atoms with Gasteiger partial charge in [-0.25, -0.2) is 0 Å². The number of nitrogens with zero attached hydrogens (tertiary/aromatic N) is 1. The molecular weight excluding hydrogens is 348 g/mol. The van der Waals surface area contributed by atoms with Crippen molar-refractivity contribution >= 4 is 23.5 Å². The first-order valence-corrected chi connectivity index (χ1v) is 9.47. The summed E-state index contributed by atoms with van der Waals surface area (Å²) in [6.07, 6.45) is 5.68. The van der Waals surface area contributed by atoms with Crippen LogP contribution in [0.2, 0.25) is 0 Å². The van der Waals surface area contributed by atoms with Gasteiger partial charge in [0.2, 0.25) is 5.91 Å². The lowest BCUT2D eigenvalue weighted by molar-refractivity contribution is -0.151. The molecule has 1 N–H and O–H groups in total. The number of esters is 1. The second-order valence-corrected chi connectivity index (χ2v) is 7.12. The summed E-state index contributed by atoms with van der Waals surface area (Å²) in [5, 5.41) is 2.66. The molecule has 2 fully saturated rings. The molecule has 1 aliphatic carbocycles. The first-order valence-electron chi connectivity index (χ1n) is 9.47. The van der Waals surface area contributed by atoms with Crippen LogP contribution in [0.25, 0.3) is 0 Å². The Hall–Kier alpha value is -2.57. The highest BCUT2D eigenvalue weighted by Crippen LogP contribution is 2.29. The van der Waals surface area contributed by atoms with Gasteiger partial charge in [-0.1, -0.05) is 19.3 Å². The van der Waals surface area contributed by atoms with Crippen molar-refractivity contribution < 1.29 is 23.9 Å². The zero-order chi connectivity index (χ0) is 19.2. The summed E-state index contributed by atoms with van der Waals surface area (Å²) in [6, 6.07) is 7.12. The molecule has 1 aromatic rings. The van der Waals surface area contributed by atoms with Crippen molar-refractivity contribution in [2.75, 3.05) is 25.6 Å². The molecule has 1 aromatic carbocycles. The minimum absolute atomic E-state index is 0.0199. The third-order valence-electron chi connectivity index (χ3n) is 5.23. The number of carbonyl (C=O) groups excluding carboxylic acids is 3. The summed E-state index contributed by atoms with van der Waals surface area (Å²) < 4.78 is 10.2. The fraction of sp³-hybridized carbons (Fsp3) is 0.550. The molecule has 0 radical (unpaired) electrons. The van der Waals surface area contributed by atoms with Crippen molar-refractivity contribution in [2.45, 2.75) is 44.6 Å². The van der Waals surface area contributed by atoms with E-state index in [0.29, 0.717) is 18.0 Å². The van der Waals surface area contributed by atoms with Crippen molar-refractivity contribution in [1.82, 2.24) is 4.90 Å². The molecule has 0 aromatic heterocycles. The molecule has 7 heteroatoms. The summed E-state index contributed by atoms with van der Waals surface area (Å²) in [6.45, 7) is 0.0431. The fourth-order valence-corrected chi connectivity index (χ4v) is 3.76. The first kappa shape index (κ1) is 19.2. The number of amides is 2. The van der Waals surface area contributed by atoms with Gasteiger partial charge in [0.15, 0.2) is 6.61 Å². The smallest absolute Gasteiger partial charge is 0.311 e. The van der Waals surface area contributed by atoms with E-state index in [4.69, 9.17) is 9.47 Å². The maximum Gasteiger partial charge on any atom is 0.311 e. The van der Waals surface area contributed by atoms with E-state index < -0.39 is 17.8 Å². The van der Waals surface area contributed by atoms with E-state index >= 15 is 0 Å². The standard InChI is InChI=1S/C20H26N2O5/c1-26-17-9-7-15(8-10-17)21-18(23)13-27-20(25)14-11-19(24)22(12-14)16-5-3-2-4-6-16/h7-10,14,16H,2-6,11-13H2,1H3,(H,21,23)/t14-/m0/s1. The number of nitrogens with one attached hydrogen (secondary N) is 1. The van der Waals surface area contributed by atoms with Crippen LogP contribution in [0.1, 0.15) is 38.5 Å². The molecule has 1 saturated heterocycles. The van der Waals surface area contributed by atoms with Gasteiger partial charge in [0.05, 0.1) is 13.0 Å². The summed E-state index contributed by atoms with van der Waals surface area (Å²) in [5.41, 5.74) is 0.594. The minimum atomic E-state index is -0.480. The van der Waals surface area contributed by atoms with Gasteiger partial charge in [0.25, 0.3) is 5.91 Å². The van der Waals surface area contributed by atoms with E-state index in [1.807, 2.05) is 4.90 Å². The van der Waals surface area contributed by atoms with Crippen LogP contribution in [0, 0.1) is 5.92 Å².